The Labute approximate surface area is 102 Å². The van der Waals surface area contributed by atoms with Gasteiger partial charge in [0.15, 0.2) is 0 Å². The largest absolute Gasteiger partial charge is 0.480 e. The van der Waals surface area contributed by atoms with Crippen molar-refractivity contribution in [2.75, 3.05) is 19.4 Å². The number of amides is 2. The number of aliphatic carboxylic acids is 1. The normalized spacial score (nSPS) is 15.7. The maximum absolute atomic E-state index is 11.3. The minimum absolute atomic E-state index is 0.0575. The Morgan fingerprint density at radius 3 is 2.41 bits per heavy atom. The number of carbonyl (C=O) groups excluding carboxylic acids is 1. The molecule has 8 heteroatoms. The summed E-state index contributed by atoms with van der Waals surface area (Å²) in [5.74, 6) is -1.21. The fourth-order valence-electron chi connectivity index (χ4n) is 0.950. The Morgan fingerprint density at radius 2 is 2.00 bits per heavy atom. The fraction of sp³-hybridized carbons (Fsp3) is 0.778. The molecule has 0 aromatic rings. The van der Waals surface area contributed by atoms with Crippen LogP contribution in [0.25, 0.3) is 0 Å². The Kier molecular flexibility index (Phi) is 7.47. The Hall–Kier alpha value is -1.15. The molecule has 0 saturated heterocycles. The van der Waals surface area contributed by atoms with Crippen molar-refractivity contribution in [2.24, 2.45) is 0 Å². The molecule has 0 bridgehead atoms. The number of nitrogens with one attached hydrogen (secondary N) is 2. The zero-order valence-electron chi connectivity index (χ0n) is 9.80. The average Bonchev–Trinajstić information content (AvgIpc) is 2.24. The van der Waals surface area contributed by atoms with Gasteiger partial charge < -0.3 is 20.8 Å². The van der Waals surface area contributed by atoms with E-state index in [1.165, 1.54) is 6.26 Å². The van der Waals surface area contributed by atoms with Crippen molar-refractivity contribution in [1.82, 2.24) is 10.6 Å². The van der Waals surface area contributed by atoms with Gasteiger partial charge in [-0.1, -0.05) is 0 Å². The molecule has 0 saturated carbocycles. The Bertz CT molecular complexity index is 297. The second kappa shape index (κ2) is 8.02. The van der Waals surface area contributed by atoms with Crippen LogP contribution in [0.2, 0.25) is 0 Å². The summed E-state index contributed by atoms with van der Waals surface area (Å²) >= 11 is 0. The van der Waals surface area contributed by atoms with Crippen LogP contribution in [-0.2, 0) is 15.6 Å². The lowest BCUT2D eigenvalue weighted by Crippen LogP contribution is -2.48. The second-order valence-corrected chi connectivity index (χ2v) is 5.37. The SMILES string of the molecule is CC(CNC(=O)N[C@@H](CCO)C(=O)O)S(C)=O. The number of aliphatic hydroxyl groups is 1. The molecule has 0 radical (unpaired) electrons. The Morgan fingerprint density at radius 1 is 1.41 bits per heavy atom. The third-order valence-electron chi connectivity index (χ3n) is 2.14. The molecule has 0 aromatic carbocycles. The minimum atomic E-state index is -1.21. The molecule has 4 N–H and O–H groups in total. The maximum Gasteiger partial charge on any atom is 0.326 e. The summed E-state index contributed by atoms with van der Waals surface area (Å²) in [6.45, 7) is 1.58. The van der Waals surface area contributed by atoms with Crippen molar-refractivity contribution in [3.05, 3.63) is 0 Å². The van der Waals surface area contributed by atoms with Gasteiger partial charge in [-0.2, -0.15) is 0 Å². The highest BCUT2D eigenvalue weighted by Crippen LogP contribution is 1.92. The lowest BCUT2D eigenvalue weighted by atomic mass is 10.2. The number of carboxylic acid groups (broad SMARTS) is 1. The number of aliphatic hydroxyl groups excluding tert-OH is 1. The first-order chi connectivity index (χ1) is 7.88. The molecule has 2 amide bonds. The van der Waals surface area contributed by atoms with Gasteiger partial charge in [0, 0.05) is 41.9 Å². The van der Waals surface area contributed by atoms with Gasteiger partial charge in [-0.15, -0.1) is 0 Å². The van der Waals surface area contributed by atoms with Crippen molar-refractivity contribution in [3.63, 3.8) is 0 Å². The molecule has 0 aliphatic carbocycles. The van der Waals surface area contributed by atoms with Crippen LogP contribution < -0.4 is 10.6 Å². The summed E-state index contributed by atoms with van der Waals surface area (Å²) in [6, 6.07) is -1.77. The molecule has 0 rings (SSSR count). The molecule has 7 nitrogen and oxygen atoms in total. The molecule has 3 atom stereocenters. The van der Waals surface area contributed by atoms with Crippen LogP contribution in [0.4, 0.5) is 4.79 Å². The van der Waals surface area contributed by atoms with Crippen molar-refractivity contribution in [1.29, 1.82) is 0 Å². The maximum atomic E-state index is 11.3. The molecule has 0 heterocycles. The molecule has 17 heavy (non-hydrogen) atoms. The van der Waals surface area contributed by atoms with Gasteiger partial charge in [-0.05, 0) is 6.92 Å². The molecule has 0 aliphatic heterocycles. The van der Waals surface area contributed by atoms with Crippen LogP contribution >= 0.6 is 0 Å². The first kappa shape index (κ1) is 15.9. The number of carbonyl (C=O) groups is 2. The molecular formula is C9H18N2O5S. The number of carboxylic acids is 1. The number of hydrogen-bond donors (Lipinski definition) is 4. The predicted molar refractivity (Wildman–Crippen MR) is 63.2 cm³/mol. The molecule has 0 aromatic heterocycles. The third kappa shape index (κ3) is 6.90. The monoisotopic (exact) mass is 266 g/mol. The molecule has 2 unspecified atom stereocenters. The summed E-state index contributed by atoms with van der Waals surface area (Å²) in [6.07, 6.45) is 1.47. The van der Waals surface area contributed by atoms with Crippen LogP contribution in [0.1, 0.15) is 13.3 Å². The Balaban J connectivity index is 4.06. The van der Waals surface area contributed by atoms with E-state index in [-0.39, 0.29) is 24.8 Å². The van der Waals surface area contributed by atoms with Gasteiger partial charge in [-0.3, -0.25) is 4.21 Å². The second-order valence-electron chi connectivity index (χ2n) is 3.57. The van der Waals surface area contributed by atoms with Gasteiger partial charge in [0.2, 0.25) is 0 Å². The first-order valence-corrected chi connectivity index (χ1v) is 6.70. The summed E-state index contributed by atoms with van der Waals surface area (Å²) in [5.41, 5.74) is 0. The third-order valence-corrected chi connectivity index (χ3v) is 3.44. The molecule has 0 aliphatic rings. The van der Waals surface area contributed by atoms with Crippen LogP contribution in [0.3, 0.4) is 0 Å². The molecule has 100 valence electrons. The molecule has 0 fully saturated rings. The van der Waals surface area contributed by atoms with E-state index in [9.17, 15) is 13.8 Å². The number of hydrogen-bond acceptors (Lipinski definition) is 4. The average molecular weight is 266 g/mol. The highest BCUT2D eigenvalue weighted by atomic mass is 32.2. The van der Waals surface area contributed by atoms with Gasteiger partial charge >= 0.3 is 12.0 Å². The summed E-state index contributed by atoms with van der Waals surface area (Å²) in [7, 11) is -1.05. The van der Waals surface area contributed by atoms with Crippen LogP contribution in [0, 0.1) is 0 Å². The first-order valence-electron chi connectivity index (χ1n) is 5.08. The molecular weight excluding hydrogens is 248 g/mol. The summed E-state index contributed by atoms with van der Waals surface area (Å²) in [4.78, 5) is 22.0. The minimum Gasteiger partial charge on any atom is -0.480 e. The summed E-state index contributed by atoms with van der Waals surface area (Å²) < 4.78 is 11.0. The van der Waals surface area contributed by atoms with Crippen LogP contribution in [-0.4, -0.2) is 57.1 Å². The van der Waals surface area contributed by atoms with E-state index in [4.69, 9.17) is 10.2 Å². The number of urea groups is 1. The van der Waals surface area contributed by atoms with E-state index in [2.05, 4.69) is 10.6 Å². The lowest BCUT2D eigenvalue weighted by Gasteiger charge is -2.15. The van der Waals surface area contributed by atoms with Crippen LogP contribution in [0.5, 0.6) is 0 Å². The quantitative estimate of drug-likeness (QED) is 0.466. The van der Waals surface area contributed by atoms with Gasteiger partial charge in [0.1, 0.15) is 6.04 Å². The lowest BCUT2D eigenvalue weighted by molar-refractivity contribution is -0.139. The smallest absolute Gasteiger partial charge is 0.326 e. The standard InChI is InChI=1S/C9H18N2O5S/c1-6(17(2)16)5-10-9(15)11-7(3-4-12)8(13)14/h6-7,12H,3-5H2,1-2H3,(H,13,14)(H2,10,11,15)/t6?,7-,17?/m0/s1. The highest BCUT2D eigenvalue weighted by molar-refractivity contribution is 7.84. The van der Waals surface area contributed by atoms with E-state index < -0.39 is 28.8 Å². The van der Waals surface area contributed by atoms with E-state index in [1.54, 1.807) is 6.92 Å². The van der Waals surface area contributed by atoms with Crippen molar-refractivity contribution < 1.29 is 24.0 Å². The van der Waals surface area contributed by atoms with Gasteiger partial charge in [-0.25, -0.2) is 9.59 Å². The number of rotatable bonds is 7. The van der Waals surface area contributed by atoms with Crippen molar-refractivity contribution in [2.45, 2.75) is 24.6 Å². The van der Waals surface area contributed by atoms with Crippen LogP contribution in [0.15, 0.2) is 0 Å². The van der Waals surface area contributed by atoms with Gasteiger partial charge in [0.25, 0.3) is 0 Å². The topological polar surface area (TPSA) is 116 Å². The van der Waals surface area contributed by atoms with Crippen molar-refractivity contribution >= 4 is 22.8 Å². The van der Waals surface area contributed by atoms with E-state index in [0.717, 1.165) is 0 Å². The van der Waals surface area contributed by atoms with E-state index >= 15 is 0 Å². The predicted octanol–water partition coefficient (Wildman–Crippen LogP) is -1.11. The van der Waals surface area contributed by atoms with E-state index in [0.29, 0.717) is 0 Å². The fourth-order valence-corrected chi connectivity index (χ4v) is 1.27. The zero-order valence-corrected chi connectivity index (χ0v) is 10.6. The summed E-state index contributed by atoms with van der Waals surface area (Å²) in [5, 5.41) is 21.7. The van der Waals surface area contributed by atoms with E-state index in [1.807, 2.05) is 0 Å². The highest BCUT2D eigenvalue weighted by Gasteiger charge is 2.19. The van der Waals surface area contributed by atoms with Crippen molar-refractivity contribution in [3.8, 4) is 0 Å². The zero-order chi connectivity index (χ0) is 13.4. The van der Waals surface area contributed by atoms with Gasteiger partial charge in [0.05, 0.1) is 0 Å². The molecule has 0 spiro atoms.